The molecule has 0 fully saturated rings. The summed E-state index contributed by atoms with van der Waals surface area (Å²) in [4.78, 5) is 34.3. The lowest BCUT2D eigenvalue weighted by molar-refractivity contribution is -0.384. The normalized spacial score (nSPS) is 11.1. The van der Waals surface area contributed by atoms with Crippen molar-refractivity contribution >= 4 is 23.3 Å². The Morgan fingerprint density at radius 2 is 1.82 bits per heavy atom. The Hall–Kier alpha value is -3.83. The Kier molecular flexibility index (Phi) is 8.21. The highest BCUT2D eigenvalue weighted by Crippen LogP contribution is 2.35. The van der Waals surface area contributed by atoms with Gasteiger partial charge in [-0.2, -0.15) is 13.2 Å². The number of nitro groups is 1. The van der Waals surface area contributed by atoms with Gasteiger partial charge in [-0.3, -0.25) is 14.9 Å². The van der Waals surface area contributed by atoms with E-state index in [2.05, 4.69) is 5.32 Å². The molecular formula is C21H21F3N2O7. The number of hydrogen-bond donors (Lipinski definition) is 1. The molecular weight excluding hydrogens is 449 g/mol. The zero-order chi connectivity index (χ0) is 24.8. The number of esters is 1. The van der Waals surface area contributed by atoms with E-state index in [-0.39, 0.29) is 17.2 Å². The molecule has 0 spiro atoms. The van der Waals surface area contributed by atoms with E-state index in [0.29, 0.717) is 24.5 Å². The first-order chi connectivity index (χ1) is 15.4. The van der Waals surface area contributed by atoms with E-state index in [9.17, 15) is 32.9 Å². The predicted octanol–water partition coefficient (Wildman–Crippen LogP) is 4.45. The fraction of sp³-hybridized carbons (Fsp3) is 0.333. The second kappa shape index (κ2) is 10.7. The second-order valence-corrected chi connectivity index (χ2v) is 7.18. The van der Waals surface area contributed by atoms with Gasteiger partial charge in [0.05, 0.1) is 29.8 Å². The fourth-order valence-corrected chi connectivity index (χ4v) is 2.54. The van der Waals surface area contributed by atoms with Crippen LogP contribution in [0.4, 0.5) is 24.5 Å². The molecule has 0 bridgehead atoms. The molecule has 1 amide bonds. The molecule has 0 unspecified atom stereocenters. The summed E-state index contributed by atoms with van der Waals surface area (Å²) in [6.07, 6.45) is -4.79. The largest absolute Gasteiger partial charge is 0.493 e. The molecule has 0 atom stereocenters. The molecule has 33 heavy (non-hydrogen) atoms. The monoisotopic (exact) mass is 470 g/mol. The summed E-state index contributed by atoms with van der Waals surface area (Å²) in [6.45, 7) is 3.52. The zero-order valence-corrected chi connectivity index (χ0v) is 17.9. The zero-order valence-electron chi connectivity index (χ0n) is 17.9. The third kappa shape index (κ3) is 7.09. The highest BCUT2D eigenvalue weighted by molar-refractivity contribution is 5.97. The van der Waals surface area contributed by atoms with Crippen LogP contribution in [0.3, 0.4) is 0 Å². The van der Waals surface area contributed by atoms with Gasteiger partial charge in [-0.1, -0.05) is 13.8 Å². The van der Waals surface area contributed by atoms with Gasteiger partial charge < -0.3 is 19.5 Å². The Morgan fingerprint density at radius 3 is 2.39 bits per heavy atom. The Balaban J connectivity index is 2.05. The molecule has 9 nitrogen and oxygen atoms in total. The number of ether oxygens (including phenoxy) is 3. The highest BCUT2D eigenvalue weighted by Gasteiger charge is 2.33. The number of nitro benzene ring substituents is 1. The maximum Gasteiger partial charge on any atom is 0.416 e. The number of carbonyl (C=O) groups excluding carboxylic acids is 2. The quantitative estimate of drug-likeness (QED) is 0.327. The molecule has 0 saturated heterocycles. The van der Waals surface area contributed by atoms with Crippen molar-refractivity contribution in [1.29, 1.82) is 0 Å². The van der Waals surface area contributed by atoms with Crippen LogP contribution in [0.15, 0.2) is 36.4 Å². The van der Waals surface area contributed by atoms with Crippen LogP contribution in [0.2, 0.25) is 0 Å². The van der Waals surface area contributed by atoms with Gasteiger partial charge in [0.15, 0.2) is 18.1 Å². The van der Waals surface area contributed by atoms with Crippen molar-refractivity contribution < 1.29 is 41.9 Å². The molecule has 12 heteroatoms. The third-order valence-electron chi connectivity index (χ3n) is 4.10. The number of nitrogens with zero attached hydrogens (tertiary/aromatic N) is 1. The Labute approximate surface area is 186 Å². The minimum atomic E-state index is -4.79. The van der Waals surface area contributed by atoms with Crippen molar-refractivity contribution in [3.8, 4) is 11.5 Å². The number of nitrogens with one attached hydrogen (secondary N) is 1. The minimum absolute atomic E-state index is 0.0528. The van der Waals surface area contributed by atoms with Gasteiger partial charge in [-0.15, -0.1) is 0 Å². The topological polar surface area (TPSA) is 117 Å². The molecule has 0 aliphatic carbocycles. The van der Waals surface area contributed by atoms with Crippen molar-refractivity contribution in [2.45, 2.75) is 20.0 Å². The number of hydrogen-bond acceptors (Lipinski definition) is 7. The van der Waals surface area contributed by atoms with Gasteiger partial charge in [0.2, 0.25) is 0 Å². The Bertz CT molecular complexity index is 1040. The summed E-state index contributed by atoms with van der Waals surface area (Å²) in [5.74, 6) is -0.917. The van der Waals surface area contributed by atoms with E-state index in [4.69, 9.17) is 14.2 Å². The van der Waals surface area contributed by atoms with Crippen molar-refractivity contribution in [2.75, 3.05) is 25.6 Å². The molecule has 178 valence electrons. The molecule has 2 aromatic carbocycles. The van der Waals surface area contributed by atoms with Gasteiger partial charge in [0, 0.05) is 6.07 Å². The first kappa shape index (κ1) is 25.4. The van der Waals surface area contributed by atoms with Crippen molar-refractivity contribution in [3.05, 3.63) is 57.6 Å². The van der Waals surface area contributed by atoms with Crippen molar-refractivity contribution in [2.24, 2.45) is 5.92 Å². The standard InChI is InChI=1S/C21H21F3N2O7/c1-12(2)10-32-17-7-4-13(8-18(17)31-3)20(28)33-11-19(27)25-15-6-5-14(21(22,23)24)9-16(15)26(29)30/h4-9,12H,10-11H2,1-3H3,(H,25,27). The number of carbonyl (C=O) groups is 2. The van der Waals surface area contributed by atoms with Crippen LogP contribution in [0.25, 0.3) is 0 Å². The molecule has 0 aliphatic rings. The molecule has 0 aliphatic heterocycles. The van der Waals surface area contributed by atoms with Crippen LogP contribution in [0.1, 0.15) is 29.8 Å². The molecule has 2 rings (SSSR count). The summed E-state index contributed by atoms with van der Waals surface area (Å²) in [5, 5.41) is 13.2. The van der Waals surface area contributed by atoms with Gasteiger partial charge in [0.25, 0.3) is 11.6 Å². The maximum atomic E-state index is 12.8. The molecule has 0 aromatic heterocycles. The van der Waals surface area contributed by atoms with Gasteiger partial charge >= 0.3 is 12.1 Å². The van der Waals surface area contributed by atoms with Crippen LogP contribution in [0, 0.1) is 16.0 Å². The molecule has 2 aromatic rings. The number of amides is 1. The lowest BCUT2D eigenvalue weighted by atomic mass is 10.1. The Morgan fingerprint density at radius 1 is 1.12 bits per heavy atom. The van der Waals surface area contributed by atoms with Gasteiger partial charge in [0.1, 0.15) is 5.69 Å². The van der Waals surface area contributed by atoms with Gasteiger partial charge in [-0.25, -0.2) is 4.79 Å². The SMILES string of the molecule is COc1cc(C(=O)OCC(=O)Nc2ccc(C(F)(F)F)cc2[N+](=O)[O-])ccc1OCC(C)C. The van der Waals surface area contributed by atoms with Crippen LogP contribution < -0.4 is 14.8 Å². The van der Waals surface area contributed by atoms with Crippen LogP contribution in [0.5, 0.6) is 11.5 Å². The van der Waals surface area contributed by atoms with E-state index in [0.717, 1.165) is 6.07 Å². The average molecular weight is 470 g/mol. The lowest BCUT2D eigenvalue weighted by Gasteiger charge is -2.13. The molecule has 0 saturated carbocycles. The van der Waals surface area contributed by atoms with E-state index < -0.39 is 46.5 Å². The fourth-order valence-electron chi connectivity index (χ4n) is 2.54. The lowest BCUT2D eigenvalue weighted by Crippen LogP contribution is -2.21. The average Bonchev–Trinajstić information content (AvgIpc) is 2.75. The van der Waals surface area contributed by atoms with E-state index in [1.165, 1.54) is 25.3 Å². The molecule has 1 N–H and O–H groups in total. The van der Waals surface area contributed by atoms with Gasteiger partial charge in [-0.05, 0) is 36.2 Å². The van der Waals surface area contributed by atoms with E-state index in [1.807, 2.05) is 13.8 Å². The second-order valence-electron chi connectivity index (χ2n) is 7.18. The smallest absolute Gasteiger partial charge is 0.416 e. The number of benzene rings is 2. The number of alkyl halides is 3. The van der Waals surface area contributed by atoms with E-state index >= 15 is 0 Å². The van der Waals surface area contributed by atoms with Crippen LogP contribution >= 0.6 is 0 Å². The summed E-state index contributed by atoms with van der Waals surface area (Å²) >= 11 is 0. The number of rotatable bonds is 9. The van der Waals surface area contributed by atoms with Crippen molar-refractivity contribution in [1.82, 2.24) is 0 Å². The van der Waals surface area contributed by atoms with Crippen LogP contribution in [-0.2, 0) is 15.7 Å². The minimum Gasteiger partial charge on any atom is -0.493 e. The van der Waals surface area contributed by atoms with Crippen LogP contribution in [-0.4, -0.2) is 37.1 Å². The predicted molar refractivity (Wildman–Crippen MR) is 110 cm³/mol. The summed E-state index contributed by atoms with van der Waals surface area (Å²) < 4.78 is 54.0. The van der Waals surface area contributed by atoms with Crippen molar-refractivity contribution in [3.63, 3.8) is 0 Å². The highest BCUT2D eigenvalue weighted by atomic mass is 19.4. The number of anilines is 1. The first-order valence-corrected chi connectivity index (χ1v) is 9.55. The molecule has 0 radical (unpaired) electrons. The summed E-state index contributed by atoms with van der Waals surface area (Å²) in [7, 11) is 1.39. The molecule has 0 heterocycles. The number of halogens is 3. The number of methoxy groups -OCH3 is 1. The maximum absolute atomic E-state index is 12.8. The first-order valence-electron chi connectivity index (χ1n) is 9.55. The summed E-state index contributed by atoms with van der Waals surface area (Å²) in [5.41, 5.74) is -2.61. The van der Waals surface area contributed by atoms with E-state index in [1.54, 1.807) is 0 Å². The summed E-state index contributed by atoms with van der Waals surface area (Å²) in [6, 6.07) is 5.90. The third-order valence-corrected chi connectivity index (χ3v) is 4.10.